The van der Waals surface area contributed by atoms with Crippen LogP contribution in [-0.2, 0) is 19.1 Å². The second kappa shape index (κ2) is 8.69. The van der Waals surface area contributed by atoms with Crippen molar-refractivity contribution in [2.75, 3.05) is 31.7 Å². The number of halogens is 1. The van der Waals surface area contributed by atoms with Gasteiger partial charge < -0.3 is 24.4 Å². The number of para-hydroxylation sites is 2. The number of fused-ring (bicyclic) bond motifs is 2. The Kier molecular flexibility index (Phi) is 5.81. The van der Waals surface area contributed by atoms with Gasteiger partial charge in [-0.25, -0.2) is 4.79 Å². The highest BCUT2D eigenvalue weighted by Gasteiger charge is 2.33. The average Bonchev–Trinajstić information content (AvgIpc) is 2.80. The molecule has 4 rings (SSSR count). The zero-order valence-corrected chi connectivity index (χ0v) is 17.3. The molecular weight excluding hydrogens is 424 g/mol. The van der Waals surface area contributed by atoms with Crippen LogP contribution in [0.1, 0.15) is 5.56 Å². The van der Waals surface area contributed by atoms with Crippen molar-refractivity contribution >= 4 is 41.1 Å². The van der Waals surface area contributed by atoms with Crippen LogP contribution in [-0.4, -0.2) is 50.7 Å². The van der Waals surface area contributed by atoms with Crippen LogP contribution in [0.4, 0.5) is 5.69 Å². The van der Waals surface area contributed by atoms with Crippen LogP contribution < -0.4 is 19.7 Å². The lowest BCUT2D eigenvalue weighted by Gasteiger charge is -2.33. The standard InChI is InChI=1S/C22H19ClN2O6/c1-24-21(27)19-10-25(16-4-2-3-5-18(16)31-19)20(26)12-30-22(28)14-8-13-9-15(23)6-7-17(13)29-11-14/h2-9,19H,10-12H2,1H3,(H,24,27). The lowest BCUT2D eigenvalue weighted by molar-refractivity contribution is -0.144. The largest absolute Gasteiger partial charge is 0.488 e. The SMILES string of the molecule is CNC(=O)C1CN(C(=O)COC(=O)C2=Cc3cc(Cl)ccc3OC2)c2ccccc2O1. The number of carbonyl (C=O) groups excluding carboxylic acids is 3. The molecule has 0 spiro atoms. The molecule has 31 heavy (non-hydrogen) atoms. The summed E-state index contributed by atoms with van der Waals surface area (Å²) < 4.78 is 16.5. The van der Waals surface area contributed by atoms with Crippen LogP contribution in [0.3, 0.4) is 0 Å². The molecule has 0 saturated carbocycles. The van der Waals surface area contributed by atoms with Gasteiger partial charge in [-0.2, -0.15) is 0 Å². The number of hydrogen-bond donors (Lipinski definition) is 1. The summed E-state index contributed by atoms with van der Waals surface area (Å²) in [5.74, 6) is -0.477. The Labute approximate surface area is 183 Å². The van der Waals surface area contributed by atoms with E-state index < -0.39 is 24.6 Å². The summed E-state index contributed by atoms with van der Waals surface area (Å²) >= 11 is 5.99. The van der Waals surface area contributed by atoms with E-state index in [0.29, 0.717) is 27.8 Å². The number of benzene rings is 2. The molecule has 160 valence electrons. The number of rotatable bonds is 4. The molecule has 2 aliphatic rings. The molecule has 2 aliphatic heterocycles. The molecule has 2 aromatic carbocycles. The van der Waals surface area contributed by atoms with E-state index in [2.05, 4.69) is 5.32 Å². The molecule has 0 saturated heterocycles. The second-order valence-corrected chi connectivity index (χ2v) is 7.35. The molecule has 0 aliphatic carbocycles. The van der Waals surface area contributed by atoms with E-state index in [1.54, 1.807) is 48.5 Å². The highest BCUT2D eigenvalue weighted by atomic mass is 35.5. The molecule has 8 nitrogen and oxygen atoms in total. The Morgan fingerprint density at radius 2 is 2.00 bits per heavy atom. The number of esters is 1. The number of anilines is 1. The van der Waals surface area contributed by atoms with Crippen molar-refractivity contribution in [3.05, 3.63) is 58.6 Å². The van der Waals surface area contributed by atoms with Gasteiger partial charge in [-0.1, -0.05) is 23.7 Å². The van der Waals surface area contributed by atoms with Gasteiger partial charge in [0.1, 0.15) is 18.1 Å². The minimum absolute atomic E-state index is 0.00471. The lowest BCUT2D eigenvalue weighted by atomic mass is 10.1. The Hall–Kier alpha value is -3.52. The Bertz CT molecular complexity index is 1080. The maximum absolute atomic E-state index is 12.8. The third-order valence-corrected chi connectivity index (χ3v) is 5.12. The maximum atomic E-state index is 12.8. The molecule has 0 bridgehead atoms. The molecule has 2 heterocycles. The third-order valence-electron chi connectivity index (χ3n) is 4.89. The van der Waals surface area contributed by atoms with Gasteiger partial charge in [0.15, 0.2) is 12.7 Å². The summed E-state index contributed by atoms with van der Waals surface area (Å²) in [7, 11) is 1.49. The number of amides is 2. The van der Waals surface area contributed by atoms with E-state index in [1.165, 1.54) is 11.9 Å². The predicted molar refractivity (Wildman–Crippen MR) is 113 cm³/mol. The fourth-order valence-corrected chi connectivity index (χ4v) is 3.51. The summed E-state index contributed by atoms with van der Waals surface area (Å²) in [6, 6.07) is 12.0. The topological polar surface area (TPSA) is 94.2 Å². The summed E-state index contributed by atoms with van der Waals surface area (Å²) in [6.07, 6.45) is 0.763. The highest BCUT2D eigenvalue weighted by molar-refractivity contribution is 6.30. The first-order chi connectivity index (χ1) is 15.0. The van der Waals surface area contributed by atoms with E-state index in [9.17, 15) is 14.4 Å². The van der Waals surface area contributed by atoms with Gasteiger partial charge >= 0.3 is 5.97 Å². The summed E-state index contributed by atoms with van der Waals surface area (Å²) in [6.45, 7) is -0.459. The molecule has 0 radical (unpaired) electrons. The Balaban J connectivity index is 1.46. The van der Waals surface area contributed by atoms with Gasteiger partial charge in [0.05, 0.1) is 17.8 Å². The number of ether oxygens (including phenoxy) is 3. The van der Waals surface area contributed by atoms with Crippen LogP contribution in [0.5, 0.6) is 11.5 Å². The Morgan fingerprint density at radius 3 is 2.81 bits per heavy atom. The normalized spacial score (nSPS) is 16.6. The van der Waals surface area contributed by atoms with Crippen molar-refractivity contribution in [2.24, 2.45) is 0 Å². The number of nitrogens with one attached hydrogen (secondary N) is 1. The quantitative estimate of drug-likeness (QED) is 0.729. The molecule has 0 aromatic heterocycles. The molecular formula is C22H19ClN2O6. The monoisotopic (exact) mass is 442 g/mol. The smallest absolute Gasteiger partial charge is 0.338 e. The van der Waals surface area contributed by atoms with E-state index in [1.807, 2.05) is 0 Å². The van der Waals surface area contributed by atoms with Crippen LogP contribution in [0.2, 0.25) is 5.02 Å². The van der Waals surface area contributed by atoms with E-state index >= 15 is 0 Å². The zero-order valence-electron chi connectivity index (χ0n) is 16.6. The highest BCUT2D eigenvalue weighted by Crippen LogP contribution is 2.33. The molecule has 2 amide bonds. The number of hydrogen-bond acceptors (Lipinski definition) is 6. The fourth-order valence-electron chi connectivity index (χ4n) is 3.33. The lowest BCUT2D eigenvalue weighted by Crippen LogP contribution is -2.51. The number of carbonyl (C=O) groups is 3. The average molecular weight is 443 g/mol. The molecule has 9 heteroatoms. The maximum Gasteiger partial charge on any atom is 0.338 e. The predicted octanol–water partition coefficient (Wildman–Crippen LogP) is 2.20. The van der Waals surface area contributed by atoms with Crippen molar-refractivity contribution < 1.29 is 28.6 Å². The minimum Gasteiger partial charge on any atom is -0.488 e. The summed E-state index contributed by atoms with van der Waals surface area (Å²) in [4.78, 5) is 38.8. The van der Waals surface area contributed by atoms with Gasteiger partial charge in [0, 0.05) is 17.6 Å². The van der Waals surface area contributed by atoms with Crippen molar-refractivity contribution in [2.45, 2.75) is 6.10 Å². The van der Waals surface area contributed by atoms with Gasteiger partial charge in [-0.3, -0.25) is 9.59 Å². The van der Waals surface area contributed by atoms with Crippen LogP contribution in [0.25, 0.3) is 6.08 Å². The molecule has 1 atom stereocenters. The molecule has 2 aromatic rings. The van der Waals surface area contributed by atoms with Crippen molar-refractivity contribution in [3.63, 3.8) is 0 Å². The van der Waals surface area contributed by atoms with Gasteiger partial charge in [0.2, 0.25) is 0 Å². The number of nitrogens with zero attached hydrogens (tertiary/aromatic N) is 1. The Morgan fingerprint density at radius 1 is 1.19 bits per heavy atom. The minimum atomic E-state index is -0.866. The van der Waals surface area contributed by atoms with Gasteiger partial charge in [0.25, 0.3) is 11.8 Å². The fraction of sp³-hybridized carbons (Fsp3) is 0.227. The zero-order chi connectivity index (χ0) is 22.0. The van der Waals surface area contributed by atoms with E-state index in [-0.39, 0.29) is 24.6 Å². The first kappa shape index (κ1) is 20.7. The molecule has 0 fully saturated rings. The van der Waals surface area contributed by atoms with Crippen molar-refractivity contribution in [1.29, 1.82) is 0 Å². The second-order valence-electron chi connectivity index (χ2n) is 6.91. The molecule has 1 N–H and O–H groups in total. The number of likely N-dealkylation sites (N-methyl/N-ethyl adjacent to an activating group) is 1. The van der Waals surface area contributed by atoms with Crippen molar-refractivity contribution in [1.82, 2.24) is 5.32 Å². The van der Waals surface area contributed by atoms with Crippen molar-refractivity contribution in [3.8, 4) is 11.5 Å². The summed E-state index contributed by atoms with van der Waals surface area (Å²) in [5, 5.41) is 3.03. The first-order valence-corrected chi connectivity index (χ1v) is 9.91. The van der Waals surface area contributed by atoms with Gasteiger partial charge in [-0.15, -0.1) is 0 Å². The molecule has 1 unspecified atom stereocenters. The van der Waals surface area contributed by atoms with E-state index in [4.69, 9.17) is 25.8 Å². The summed E-state index contributed by atoms with van der Waals surface area (Å²) in [5.41, 5.74) is 1.44. The first-order valence-electron chi connectivity index (χ1n) is 9.54. The third kappa shape index (κ3) is 4.34. The van der Waals surface area contributed by atoms with Crippen LogP contribution in [0.15, 0.2) is 48.0 Å². The van der Waals surface area contributed by atoms with Crippen LogP contribution in [0, 0.1) is 0 Å². The van der Waals surface area contributed by atoms with Crippen LogP contribution >= 0.6 is 11.6 Å². The van der Waals surface area contributed by atoms with Gasteiger partial charge in [-0.05, 0) is 36.4 Å². The van der Waals surface area contributed by atoms with E-state index in [0.717, 1.165) is 0 Å².